The van der Waals surface area contributed by atoms with Crippen LogP contribution in [0.4, 0.5) is 0 Å². The normalized spacial score (nSPS) is 15.1. The van der Waals surface area contributed by atoms with Crippen molar-refractivity contribution < 1.29 is 4.42 Å². The Bertz CT molecular complexity index is 2940. The highest BCUT2D eigenvalue weighted by Gasteiger charge is 2.38. The Hall–Kier alpha value is -6.00. The molecule has 3 aromatic heterocycles. The summed E-state index contributed by atoms with van der Waals surface area (Å²) in [7, 11) is 0. The largest absolute Gasteiger partial charge is 0.439 e. The summed E-state index contributed by atoms with van der Waals surface area (Å²) in [6.07, 6.45) is 0. The van der Waals surface area contributed by atoms with Crippen LogP contribution >= 0.6 is 0 Å². The van der Waals surface area contributed by atoms with Crippen LogP contribution in [0.3, 0.4) is 0 Å². The highest BCUT2D eigenvalue weighted by molar-refractivity contribution is 6.21. The van der Waals surface area contributed by atoms with Gasteiger partial charge < -0.3 is 4.42 Å². The zero-order chi connectivity index (χ0) is 33.5. The van der Waals surface area contributed by atoms with E-state index in [9.17, 15) is 0 Å². The lowest BCUT2D eigenvalue weighted by Gasteiger charge is -2.34. The standard InChI is InChI=1S/C46H33N3O/c1-45(2)33-16-8-5-12-28(33)29-22-20-26(24-35(29)45)41-30-13-6-9-18-37(30)47-43(48-41)27-21-23-38-36(25-27)46(3,4)34-17-11-15-32-40-31-14-7-10-19-39(31)50-44(40)49(38)42(32)34/h5-25H,1-4H3. The molecule has 0 bridgehead atoms. The Morgan fingerprint density at radius 1 is 0.540 bits per heavy atom. The van der Waals surface area contributed by atoms with Crippen molar-refractivity contribution in [3.63, 3.8) is 0 Å². The summed E-state index contributed by atoms with van der Waals surface area (Å²) < 4.78 is 8.94. The molecule has 0 unspecified atom stereocenters. The van der Waals surface area contributed by atoms with Gasteiger partial charge in [0.2, 0.25) is 5.71 Å². The van der Waals surface area contributed by atoms with E-state index < -0.39 is 0 Å². The van der Waals surface area contributed by atoms with Gasteiger partial charge in [0.25, 0.3) is 0 Å². The Morgan fingerprint density at radius 2 is 1.22 bits per heavy atom. The van der Waals surface area contributed by atoms with E-state index in [2.05, 4.69) is 154 Å². The van der Waals surface area contributed by atoms with Crippen molar-refractivity contribution in [2.75, 3.05) is 0 Å². The summed E-state index contributed by atoms with van der Waals surface area (Å²) in [6, 6.07) is 45.8. The molecule has 2 aliphatic rings. The van der Waals surface area contributed by atoms with Gasteiger partial charge >= 0.3 is 0 Å². The third-order valence-electron chi connectivity index (χ3n) is 11.6. The molecular formula is C46H33N3O. The lowest BCUT2D eigenvalue weighted by Crippen LogP contribution is -2.26. The average molecular weight is 644 g/mol. The number of hydrogen-bond acceptors (Lipinski definition) is 3. The van der Waals surface area contributed by atoms with Crippen LogP contribution in [0.5, 0.6) is 0 Å². The molecule has 0 radical (unpaired) electrons. The second kappa shape index (κ2) is 9.36. The van der Waals surface area contributed by atoms with E-state index >= 15 is 0 Å². The number of aromatic nitrogens is 3. The molecule has 11 rings (SSSR count). The zero-order valence-electron chi connectivity index (χ0n) is 28.4. The molecule has 0 saturated heterocycles. The smallest absolute Gasteiger partial charge is 0.213 e. The minimum absolute atomic E-state index is 0.0941. The Morgan fingerprint density at radius 3 is 2.12 bits per heavy atom. The molecule has 0 fully saturated rings. The predicted octanol–water partition coefficient (Wildman–Crippen LogP) is 11.8. The molecule has 4 nitrogen and oxygen atoms in total. The summed E-state index contributed by atoms with van der Waals surface area (Å²) in [6.45, 7) is 9.32. The number of rotatable bonds is 2. The average Bonchev–Trinajstić information content (AvgIpc) is 3.75. The fourth-order valence-corrected chi connectivity index (χ4v) is 9.07. The number of hydrogen-bond donors (Lipinski definition) is 0. The van der Waals surface area contributed by atoms with E-state index in [-0.39, 0.29) is 10.8 Å². The minimum Gasteiger partial charge on any atom is -0.439 e. The predicted molar refractivity (Wildman–Crippen MR) is 204 cm³/mol. The Balaban J connectivity index is 1.12. The lowest BCUT2D eigenvalue weighted by molar-refractivity contribution is 0.612. The van der Waals surface area contributed by atoms with E-state index in [0.717, 1.165) is 55.9 Å². The first-order valence-electron chi connectivity index (χ1n) is 17.4. The van der Waals surface area contributed by atoms with Crippen molar-refractivity contribution in [1.29, 1.82) is 0 Å². The molecule has 4 heteroatoms. The van der Waals surface area contributed by atoms with E-state index in [1.807, 2.05) is 6.07 Å². The maximum Gasteiger partial charge on any atom is 0.213 e. The van der Waals surface area contributed by atoms with Crippen LogP contribution in [0, 0.1) is 0 Å². The summed E-state index contributed by atoms with van der Waals surface area (Å²) in [5.74, 6) is 0.728. The van der Waals surface area contributed by atoms with Crippen molar-refractivity contribution in [2.24, 2.45) is 0 Å². The second-order valence-corrected chi connectivity index (χ2v) is 15.0. The van der Waals surface area contributed by atoms with Gasteiger partial charge in [-0.25, -0.2) is 9.97 Å². The van der Waals surface area contributed by atoms with Gasteiger partial charge in [-0.05, 0) is 69.8 Å². The maximum atomic E-state index is 6.61. The van der Waals surface area contributed by atoms with Gasteiger partial charge in [0.1, 0.15) is 5.58 Å². The number of para-hydroxylation sites is 3. The van der Waals surface area contributed by atoms with Crippen molar-refractivity contribution in [2.45, 2.75) is 38.5 Å². The molecule has 1 aliphatic carbocycles. The second-order valence-electron chi connectivity index (χ2n) is 15.0. The first kappa shape index (κ1) is 27.9. The van der Waals surface area contributed by atoms with Gasteiger partial charge in [0.15, 0.2) is 5.82 Å². The summed E-state index contributed by atoms with van der Waals surface area (Å²) >= 11 is 0. The lowest BCUT2D eigenvalue weighted by atomic mass is 9.74. The maximum absolute atomic E-state index is 6.61. The quantitative estimate of drug-likeness (QED) is 0.188. The third kappa shape index (κ3) is 3.45. The van der Waals surface area contributed by atoms with Crippen LogP contribution in [0.25, 0.3) is 83.3 Å². The molecule has 0 atom stereocenters. The van der Waals surface area contributed by atoms with Gasteiger partial charge in [-0.1, -0.05) is 119 Å². The van der Waals surface area contributed by atoms with Gasteiger partial charge in [0, 0.05) is 38.1 Å². The highest BCUT2D eigenvalue weighted by atomic mass is 16.3. The van der Waals surface area contributed by atoms with E-state index in [0.29, 0.717) is 0 Å². The molecule has 238 valence electrons. The van der Waals surface area contributed by atoms with Gasteiger partial charge in [-0.15, -0.1) is 0 Å². The van der Waals surface area contributed by atoms with E-state index in [1.165, 1.54) is 49.7 Å². The number of benzene rings is 6. The Kier molecular flexibility index (Phi) is 5.23. The van der Waals surface area contributed by atoms with Crippen LogP contribution < -0.4 is 0 Å². The van der Waals surface area contributed by atoms with Crippen molar-refractivity contribution >= 4 is 43.9 Å². The monoisotopic (exact) mass is 643 g/mol. The van der Waals surface area contributed by atoms with E-state index in [1.54, 1.807) is 0 Å². The van der Waals surface area contributed by atoms with E-state index in [4.69, 9.17) is 14.4 Å². The SMILES string of the molecule is CC1(C)c2ccccc2-c2ccc(-c3nc(-c4ccc5c(c4)C(C)(C)c4cccc6c7c8ccccc8oc7n-5c46)nc4ccccc34)cc21. The molecule has 1 aliphatic heterocycles. The van der Waals surface area contributed by atoms with Crippen molar-refractivity contribution in [3.8, 4) is 39.5 Å². The summed E-state index contributed by atoms with van der Waals surface area (Å²) in [5, 5.41) is 4.61. The van der Waals surface area contributed by atoms with Crippen LogP contribution in [0.1, 0.15) is 49.9 Å². The van der Waals surface area contributed by atoms with Crippen LogP contribution in [0.2, 0.25) is 0 Å². The molecule has 6 aromatic carbocycles. The number of nitrogens with zero attached hydrogens (tertiary/aromatic N) is 3. The molecule has 0 N–H and O–H groups in total. The molecule has 0 saturated carbocycles. The topological polar surface area (TPSA) is 43.9 Å². The molecule has 0 amide bonds. The first-order valence-corrected chi connectivity index (χ1v) is 17.4. The molecule has 9 aromatic rings. The van der Waals surface area contributed by atoms with Crippen LogP contribution in [0.15, 0.2) is 132 Å². The Labute approximate surface area is 289 Å². The van der Waals surface area contributed by atoms with Gasteiger partial charge in [-0.3, -0.25) is 4.57 Å². The molecule has 0 spiro atoms. The van der Waals surface area contributed by atoms with Crippen LogP contribution in [-0.4, -0.2) is 14.5 Å². The molecule has 4 heterocycles. The van der Waals surface area contributed by atoms with Crippen molar-refractivity contribution in [3.05, 3.63) is 150 Å². The number of fused-ring (bicyclic) bond motifs is 11. The van der Waals surface area contributed by atoms with Gasteiger partial charge in [-0.2, -0.15) is 0 Å². The molecular weight excluding hydrogens is 611 g/mol. The van der Waals surface area contributed by atoms with Gasteiger partial charge in [0.05, 0.1) is 27.8 Å². The summed E-state index contributed by atoms with van der Waals surface area (Å²) in [4.78, 5) is 10.6. The zero-order valence-corrected chi connectivity index (χ0v) is 28.4. The third-order valence-corrected chi connectivity index (χ3v) is 11.6. The first-order chi connectivity index (χ1) is 24.3. The minimum atomic E-state index is -0.257. The fraction of sp³-hybridized carbons (Fsp3) is 0.130. The van der Waals surface area contributed by atoms with Crippen molar-refractivity contribution in [1.82, 2.24) is 14.5 Å². The molecule has 50 heavy (non-hydrogen) atoms. The highest BCUT2D eigenvalue weighted by Crippen LogP contribution is 2.51. The summed E-state index contributed by atoms with van der Waals surface area (Å²) in [5.41, 5.74) is 15.7. The fourth-order valence-electron chi connectivity index (χ4n) is 9.07. The number of furan rings is 1. The van der Waals surface area contributed by atoms with Crippen LogP contribution in [-0.2, 0) is 10.8 Å².